The average Bonchev–Trinajstić information content (AvgIpc) is 2.35. The second kappa shape index (κ2) is 7.51. The van der Waals surface area contributed by atoms with Crippen molar-refractivity contribution in [1.82, 2.24) is 0 Å². The number of benzene rings is 1. The first-order chi connectivity index (χ1) is 8.63. The summed E-state index contributed by atoms with van der Waals surface area (Å²) in [6, 6.07) is 6.73. The summed E-state index contributed by atoms with van der Waals surface area (Å²) in [7, 11) is 0. The Bertz CT molecular complexity index is 482. The molecule has 0 aliphatic rings. The maximum Gasteiger partial charge on any atom is 0.384 e. The zero-order chi connectivity index (χ0) is 13.4. The first kappa shape index (κ1) is 14.3. The van der Waals surface area contributed by atoms with Crippen molar-refractivity contribution in [1.29, 1.82) is 0 Å². The highest BCUT2D eigenvalue weighted by Gasteiger charge is 2.05. The third-order valence-electron chi connectivity index (χ3n) is 1.82. The third-order valence-corrected chi connectivity index (χ3v) is 2.35. The summed E-state index contributed by atoms with van der Waals surface area (Å²) in [5.41, 5.74) is 0.427. The number of halogens is 1. The van der Waals surface area contributed by atoms with Crippen LogP contribution in [0.5, 0.6) is 0 Å². The maximum absolute atomic E-state index is 11.5. The Morgan fingerprint density at radius 2 is 1.89 bits per heavy atom. The van der Waals surface area contributed by atoms with Gasteiger partial charge in [-0.2, -0.15) is 0 Å². The normalized spacial score (nSPS) is 9.00. The van der Waals surface area contributed by atoms with Gasteiger partial charge in [0, 0.05) is 10.4 Å². The number of hydrogen-bond donors (Lipinski definition) is 0. The molecule has 0 fully saturated rings. The number of hydrogen-bond acceptors (Lipinski definition) is 4. The van der Waals surface area contributed by atoms with Crippen molar-refractivity contribution in [2.45, 2.75) is 6.92 Å². The van der Waals surface area contributed by atoms with Gasteiger partial charge in [-0.3, -0.25) is 0 Å². The van der Waals surface area contributed by atoms with Crippen molar-refractivity contribution in [2.24, 2.45) is 0 Å². The minimum atomic E-state index is -0.628. The molecule has 1 aromatic rings. The minimum absolute atomic E-state index is 0.145. The fraction of sp³-hybridized carbons (Fsp3) is 0.231. The topological polar surface area (TPSA) is 52.6 Å². The molecule has 0 aliphatic heterocycles. The summed E-state index contributed by atoms with van der Waals surface area (Å²) in [6.45, 7) is 1.81. The Balaban J connectivity index is 2.42. The lowest BCUT2D eigenvalue weighted by Crippen LogP contribution is -2.06. The first-order valence-electron chi connectivity index (χ1n) is 5.21. The third kappa shape index (κ3) is 5.02. The van der Waals surface area contributed by atoms with Crippen molar-refractivity contribution < 1.29 is 19.1 Å². The lowest BCUT2D eigenvalue weighted by Gasteiger charge is -2.00. The highest BCUT2D eigenvalue weighted by atomic mass is 79.9. The SMILES string of the molecule is CCOC(=O)C#CCOC(=O)c1ccc(Br)cc1. The molecule has 0 saturated carbocycles. The van der Waals surface area contributed by atoms with Crippen molar-refractivity contribution in [2.75, 3.05) is 13.2 Å². The first-order valence-corrected chi connectivity index (χ1v) is 6.01. The van der Waals surface area contributed by atoms with Crippen LogP contribution in [0.25, 0.3) is 0 Å². The summed E-state index contributed by atoms with van der Waals surface area (Å²) in [6.07, 6.45) is 0. The van der Waals surface area contributed by atoms with E-state index in [1.165, 1.54) is 0 Å². The van der Waals surface area contributed by atoms with E-state index in [9.17, 15) is 9.59 Å². The molecule has 0 unspecified atom stereocenters. The Labute approximate surface area is 113 Å². The number of carbonyl (C=O) groups excluding carboxylic acids is 2. The summed E-state index contributed by atoms with van der Waals surface area (Å²) in [5.74, 6) is 3.50. The molecule has 0 aliphatic carbocycles. The van der Waals surface area contributed by atoms with Crippen LogP contribution in [0.3, 0.4) is 0 Å². The van der Waals surface area contributed by atoms with E-state index in [1.807, 2.05) is 0 Å². The molecule has 18 heavy (non-hydrogen) atoms. The molecule has 0 aromatic heterocycles. The van der Waals surface area contributed by atoms with Gasteiger partial charge < -0.3 is 9.47 Å². The molecule has 0 N–H and O–H groups in total. The molecular weight excluding hydrogens is 300 g/mol. The molecule has 1 aromatic carbocycles. The quantitative estimate of drug-likeness (QED) is 0.488. The number of ether oxygens (including phenoxy) is 2. The zero-order valence-electron chi connectivity index (χ0n) is 9.73. The molecule has 0 atom stereocenters. The van der Waals surface area contributed by atoms with Gasteiger partial charge in [-0.15, -0.1) is 0 Å². The molecule has 4 nitrogen and oxygen atoms in total. The molecule has 0 spiro atoms. The van der Waals surface area contributed by atoms with Gasteiger partial charge in [-0.05, 0) is 37.1 Å². The highest BCUT2D eigenvalue weighted by molar-refractivity contribution is 9.10. The van der Waals surface area contributed by atoms with E-state index in [4.69, 9.17) is 4.74 Å². The molecule has 1 rings (SSSR count). The predicted molar refractivity (Wildman–Crippen MR) is 68.8 cm³/mol. The van der Waals surface area contributed by atoms with Gasteiger partial charge in [0.2, 0.25) is 0 Å². The summed E-state index contributed by atoms with van der Waals surface area (Å²) in [4.78, 5) is 22.4. The minimum Gasteiger partial charge on any atom is -0.456 e. The predicted octanol–water partition coefficient (Wildman–Crippen LogP) is 2.17. The lowest BCUT2D eigenvalue weighted by atomic mass is 10.2. The molecule has 0 amide bonds. The van der Waals surface area contributed by atoms with Gasteiger partial charge in [0.1, 0.15) is 0 Å². The van der Waals surface area contributed by atoms with Gasteiger partial charge in [-0.25, -0.2) is 9.59 Å². The maximum atomic E-state index is 11.5. The van der Waals surface area contributed by atoms with E-state index in [-0.39, 0.29) is 13.2 Å². The van der Waals surface area contributed by atoms with Crippen LogP contribution in [0.4, 0.5) is 0 Å². The Morgan fingerprint density at radius 1 is 1.22 bits per heavy atom. The Morgan fingerprint density at radius 3 is 2.50 bits per heavy atom. The van der Waals surface area contributed by atoms with E-state index in [2.05, 4.69) is 32.5 Å². The van der Waals surface area contributed by atoms with Crippen molar-refractivity contribution in [3.05, 3.63) is 34.3 Å². The van der Waals surface area contributed by atoms with E-state index >= 15 is 0 Å². The smallest absolute Gasteiger partial charge is 0.384 e. The summed E-state index contributed by atoms with van der Waals surface area (Å²) < 4.78 is 10.3. The van der Waals surface area contributed by atoms with Gasteiger partial charge in [0.15, 0.2) is 6.61 Å². The Kier molecular flexibility index (Phi) is 5.95. The van der Waals surface area contributed by atoms with Gasteiger partial charge in [0.05, 0.1) is 12.2 Å². The number of carbonyl (C=O) groups is 2. The van der Waals surface area contributed by atoms with Crippen LogP contribution in [0.2, 0.25) is 0 Å². The van der Waals surface area contributed by atoms with Gasteiger partial charge in [0.25, 0.3) is 0 Å². The van der Waals surface area contributed by atoms with E-state index in [0.29, 0.717) is 5.56 Å². The summed E-state index contributed by atoms with van der Waals surface area (Å²) in [5, 5.41) is 0. The average molecular weight is 311 g/mol. The largest absolute Gasteiger partial charge is 0.456 e. The van der Waals surface area contributed by atoms with E-state index < -0.39 is 11.9 Å². The molecule has 94 valence electrons. The number of rotatable bonds is 3. The fourth-order valence-electron chi connectivity index (χ4n) is 1.05. The van der Waals surface area contributed by atoms with Crippen LogP contribution in [-0.4, -0.2) is 25.2 Å². The Hall–Kier alpha value is -1.80. The van der Waals surface area contributed by atoms with Crippen LogP contribution in [0.1, 0.15) is 17.3 Å². The van der Waals surface area contributed by atoms with Crippen molar-refractivity contribution in [3.63, 3.8) is 0 Å². The monoisotopic (exact) mass is 310 g/mol. The van der Waals surface area contributed by atoms with Crippen molar-refractivity contribution in [3.8, 4) is 11.8 Å². The van der Waals surface area contributed by atoms with E-state index in [1.54, 1.807) is 31.2 Å². The van der Waals surface area contributed by atoms with Crippen molar-refractivity contribution >= 4 is 27.9 Å². The molecule has 0 bridgehead atoms. The van der Waals surface area contributed by atoms with Crippen LogP contribution in [0, 0.1) is 11.8 Å². The molecular formula is C13H11BrO4. The lowest BCUT2D eigenvalue weighted by molar-refractivity contribution is -0.136. The van der Waals surface area contributed by atoms with Crippen LogP contribution in [-0.2, 0) is 14.3 Å². The number of esters is 2. The van der Waals surface area contributed by atoms with Crippen LogP contribution in [0.15, 0.2) is 28.7 Å². The van der Waals surface area contributed by atoms with Gasteiger partial charge >= 0.3 is 11.9 Å². The second-order valence-corrected chi connectivity index (χ2v) is 4.02. The molecule has 0 radical (unpaired) electrons. The highest BCUT2D eigenvalue weighted by Crippen LogP contribution is 2.11. The van der Waals surface area contributed by atoms with Crippen LogP contribution >= 0.6 is 15.9 Å². The van der Waals surface area contributed by atoms with E-state index in [0.717, 1.165) is 4.47 Å². The molecule has 0 saturated heterocycles. The molecule has 0 heterocycles. The van der Waals surface area contributed by atoms with Crippen LogP contribution < -0.4 is 0 Å². The summed E-state index contributed by atoms with van der Waals surface area (Å²) >= 11 is 3.26. The standard InChI is InChI=1S/C13H11BrO4/c1-2-17-12(15)4-3-9-18-13(16)10-5-7-11(14)8-6-10/h5-8H,2,9H2,1H3. The second-order valence-electron chi connectivity index (χ2n) is 3.11. The molecule has 5 heteroatoms. The van der Waals surface area contributed by atoms with Gasteiger partial charge in [-0.1, -0.05) is 15.9 Å². The zero-order valence-corrected chi connectivity index (χ0v) is 11.3. The fourth-order valence-corrected chi connectivity index (χ4v) is 1.31.